The first kappa shape index (κ1) is 18.7. The highest BCUT2D eigenvalue weighted by atomic mass is 35.5. The highest BCUT2D eigenvalue weighted by molar-refractivity contribution is 5.85. The van der Waals surface area contributed by atoms with Gasteiger partial charge in [-0.15, -0.1) is 12.4 Å². The molecule has 0 bridgehead atoms. The van der Waals surface area contributed by atoms with Crippen LogP contribution in [0.4, 0.5) is 5.82 Å². The zero-order valence-electron chi connectivity index (χ0n) is 13.3. The highest BCUT2D eigenvalue weighted by Gasteiger charge is 2.16. The van der Waals surface area contributed by atoms with Crippen LogP contribution in [-0.2, 0) is 11.3 Å². The topological polar surface area (TPSA) is 60.5 Å². The van der Waals surface area contributed by atoms with Crippen LogP contribution in [0.1, 0.15) is 12.5 Å². The molecule has 1 aliphatic heterocycles. The fraction of sp³-hybridized carbons (Fsp3) is 0.600. The second-order valence-electron chi connectivity index (χ2n) is 5.25. The van der Waals surface area contributed by atoms with Gasteiger partial charge in [0.1, 0.15) is 5.82 Å². The fourth-order valence-corrected chi connectivity index (χ4v) is 2.43. The monoisotopic (exact) mass is 327 g/mol. The van der Waals surface area contributed by atoms with E-state index < -0.39 is 0 Å². The third-order valence-corrected chi connectivity index (χ3v) is 3.78. The third kappa shape index (κ3) is 5.44. The molecule has 1 aliphatic rings. The maximum absolute atomic E-state index is 11.4. The van der Waals surface area contributed by atoms with E-state index in [0.29, 0.717) is 13.1 Å². The second-order valence-corrected chi connectivity index (χ2v) is 5.25. The lowest BCUT2D eigenvalue weighted by molar-refractivity contribution is -0.120. The van der Waals surface area contributed by atoms with Crippen molar-refractivity contribution in [3.63, 3.8) is 0 Å². The van der Waals surface area contributed by atoms with E-state index in [4.69, 9.17) is 0 Å². The molecule has 2 heterocycles. The molecule has 2 rings (SSSR count). The fourth-order valence-electron chi connectivity index (χ4n) is 2.43. The van der Waals surface area contributed by atoms with E-state index in [1.165, 1.54) is 0 Å². The van der Waals surface area contributed by atoms with E-state index in [1.54, 1.807) is 7.05 Å². The van der Waals surface area contributed by atoms with Crippen molar-refractivity contribution < 1.29 is 4.79 Å². The summed E-state index contributed by atoms with van der Waals surface area (Å²) in [6.07, 6.45) is 1.85. The van der Waals surface area contributed by atoms with Gasteiger partial charge in [-0.1, -0.05) is 13.0 Å². The number of nitrogens with zero attached hydrogens (tertiary/aromatic N) is 3. The minimum absolute atomic E-state index is 0. The molecule has 0 saturated carbocycles. The first-order valence-electron chi connectivity index (χ1n) is 7.56. The summed E-state index contributed by atoms with van der Waals surface area (Å²) in [6, 6.07) is 4.08. The predicted molar refractivity (Wildman–Crippen MR) is 91.6 cm³/mol. The number of hydrogen-bond acceptors (Lipinski definition) is 5. The van der Waals surface area contributed by atoms with Crippen molar-refractivity contribution in [2.75, 3.05) is 51.2 Å². The van der Waals surface area contributed by atoms with Crippen LogP contribution in [0.5, 0.6) is 0 Å². The van der Waals surface area contributed by atoms with Crippen LogP contribution in [0.2, 0.25) is 0 Å². The first-order valence-corrected chi connectivity index (χ1v) is 7.56. The Kier molecular flexibility index (Phi) is 8.16. The van der Waals surface area contributed by atoms with Gasteiger partial charge in [0.15, 0.2) is 0 Å². The SMILES string of the molecule is CCN1CCN(c2ccc(CNC(=O)CNC)cn2)CC1.Cl. The van der Waals surface area contributed by atoms with E-state index in [9.17, 15) is 4.79 Å². The number of anilines is 1. The van der Waals surface area contributed by atoms with Crippen molar-refractivity contribution in [2.45, 2.75) is 13.5 Å². The largest absolute Gasteiger partial charge is 0.354 e. The summed E-state index contributed by atoms with van der Waals surface area (Å²) in [5, 5.41) is 5.68. The normalized spacial score (nSPS) is 15.3. The number of amides is 1. The van der Waals surface area contributed by atoms with Crippen molar-refractivity contribution in [3.05, 3.63) is 23.9 Å². The standard InChI is InChI=1S/C15H25N5O.ClH/c1-3-19-6-8-20(9-7-19)14-5-4-13(10-17-14)11-18-15(21)12-16-2;/h4-5,10,16H,3,6-9,11-12H2,1-2H3,(H,18,21);1H. The van der Waals surface area contributed by atoms with Crippen LogP contribution >= 0.6 is 12.4 Å². The molecule has 0 radical (unpaired) electrons. The number of carbonyl (C=O) groups is 1. The maximum Gasteiger partial charge on any atom is 0.234 e. The summed E-state index contributed by atoms with van der Waals surface area (Å²) >= 11 is 0. The second kappa shape index (κ2) is 9.61. The zero-order chi connectivity index (χ0) is 15.1. The summed E-state index contributed by atoms with van der Waals surface area (Å²) in [7, 11) is 1.76. The molecule has 1 amide bonds. The molecule has 0 spiro atoms. The van der Waals surface area contributed by atoms with Crippen molar-refractivity contribution in [2.24, 2.45) is 0 Å². The van der Waals surface area contributed by atoms with Crippen LogP contribution in [0, 0.1) is 0 Å². The van der Waals surface area contributed by atoms with Crippen molar-refractivity contribution >= 4 is 24.1 Å². The Bertz CT molecular complexity index is 446. The van der Waals surface area contributed by atoms with Crippen molar-refractivity contribution in [1.82, 2.24) is 20.5 Å². The molecule has 1 saturated heterocycles. The molecule has 2 N–H and O–H groups in total. The zero-order valence-corrected chi connectivity index (χ0v) is 14.2. The van der Waals surface area contributed by atoms with Gasteiger partial charge in [0.05, 0.1) is 6.54 Å². The molecule has 1 aromatic heterocycles. The molecular weight excluding hydrogens is 302 g/mol. The Morgan fingerprint density at radius 2 is 2.00 bits per heavy atom. The Morgan fingerprint density at radius 1 is 1.27 bits per heavy atom. The van der Waals surface area contributed by atoms with Crippen LogP contribution in [0.25, 0.3) is 0 Å². The number of halogens is 1. The lowest BCUT2D eigenvalue weighted by Crippen LogP contribution is -2.46. The highest BCUT2D eigenvalue weighted by Crippen LogP contribution is 2.13. The molecule has 0 atom stereocenters. The van der Waals surface area contributed by atoms with Gasteiger partial charge in [-0.3, -0.25) is 4.79 Å². The van der Waals surface area contributed by atoms with Crippen LogP contribution in [0.15, 0.2) is 18.3 Å². The van der Waals surface area contributed by atoms with E-state index in [-0.39, 0.29) is 18.3 Å². The number of pyridine rings is 1. The minimum atomic E-state index is -0.00253. The number of aromatic nitrogens is 1. The number of piperazine rings is 1. The van der Waals surface area contributed by atoms with E-state index in [1.807, 2.05) is 18.3 Å². The molecule has 124 valence electrons. The lowest BCUT2D eigenvalue weighted by Gasteiger charge is -2.34. The van der Waals surface area contributed by atoms with E-state index >= 15 is 0 Å². The first-order chi connectivity index (χ1) is 10.2. The van der Waals surface area contributed by atoms with Gasteiger partial charge in [0.25, 0.3) is 0 Å². The molecule has 0 aliphatic carbocycles. The van der Waals surface area contributed by atoms with Gasteiger partial charge in [-0.05, 0) is 25.2 Å². The Hall–Kier alpha value is -1.37. The third-order valence-electron chi connectivity index (χ3n) is 3.78. The molecule has 1 aromatic rings. The minimum Gasteiger partial charge on any atom is -0.354 e. The average molecular weight is 328 g/mol. The lowest BCUT2D eigenvalue weighted by atomic mass is 10.2. The molecule has 22 heavy (non-hydrogen) atoms. The molecule has 7 heteroatoms. The number of likely N-dealkylation sites (N-methyl/N-ethyl adjacent to an activating group) is 2. The van der Waals surface area contributed by atoms with Crippen LogP contribution < -0.4 is 15.5 Å². The van der Waals surface area contributed by atoms with E-state index in [2.05, 4.69) is 32.3 Å². The molecule has 1 fully saturated rings. The van der Waals surface area contributed by atoms with Gasteiger partial charge < -0.3 is 20.4 Å². The number of rotatable bonds is 6. The summed E-state index contributed by atoms with van der Waals surface area (Å²) < 4.78 is 0. The smallest absolute Gasteiger partial charge is 0.234 e. The molecule has 0 unspecified atom stereocenters. The Labute approximate surface area is 138 Å². The van der Waals surface area contributed by atoms with Crippen molar-refractivity contribution in [1.29, 1.82) is 0 Å². The van der Waals surface area contributed by atoms with Gasteiger partial charge in [0, 0.05) is 38.9 Å². The van der Waals surface area contributed by atoms with Crippen molar-refractivity contribution in [3.8, 4) is 0 Å². The maximum atomic E-state index is 11.4. The summed E-state index contributed by atoms with van der Waals surface area (Å²) in [4.78, 5) is 20.7. The van der Waals surface area contributed by atoms with Gasteiger partial charge in [-0.25, -0.2) is 4.98 Å². The summed E-state index contributed by atoms with van der Waals surface area (Å²) in [5.74, 6) is 1.02. The van der Waals surface area contributed by atoms with Crippen LogP contribution in [-0.4, -0.2) is 62.1 Å². The Balaban J connectivity index is 0.00000242. The van der Waals surface area contributed by atoms with Crippen LogP contribution in [0.3, 0.4) is 0 Å². The number of nitrogens with one attached hydrogen (secondary N) is 2. The molecular formula is C15H26ClN5O. The molecule has 0 aromatic carbocycles. The average Bonchev–Trinajstić information content (AvgIpc) is 2.54. The van der Waals surface area contributed by atoms with Gasteiger partial charge in [-0.2, -0.15) is 0 Å². The molecule has 6 nitrogen and oxygen atoms in total. The number of hydrogen-bond donors (Lipinski definition) is 2. The van der Waals surface area contributed by atoms with E-state index in [0.717, 1.165) is 44.1 Å². The van der Waals surface area contributed by atoms with Gasteiger partial charge in [0.2, 0.25) is 5.91 Å². The Morgan fingerprint density at radius 3 is 2.55 bits per heavy atom. The quantitative estimate of drug-likeness (QED) is 0.796. The number of carbonyl (C=O) groups excluding carboxylic acids is 1. The summed E-state index contributed by atoms with van der Waals surface area (Å²) in [5.41, 5.74) is 1.02. The predicted octanol–water partition coefficient (Wildman–Crippen LogP) is 0.481. The summed E-state index contributed by atoms with van der Waals surface area (Å²) in [6.45, 7) is 8.43. The van der Waals surface area contributed by atoms with Gasteiger partial charge >= 0.3 is 0 Å².